The maximum Gasteiger partial charge on any atom is 0.150 e. The van der Waals surface area contributed by atoms with Gasteiger partial charge >= 0.3 is 0 Å². The molecular formula is C14H15N5OS. The average molecular weight is 301 g/mol. The molecule has 0 atom stereocenters. The molecule has 1 N–H and O–H groups in total. The summed E-state index contributed by atoms with van der Waals surface area (Å²) in [5, 5.41) is 13.6. The number of hydrogen-bond donors (Lipinski definition) is 1. The molecule has 108 valence electrons. The summed E-state index contributed by atoms with van der Waals surface area (Å²) in [5.74, 6) is 0. The molecular weight excluding hydrogens is 286 g/mol. The number of benzene rings is 1. The highest BCUT2D eigenvalue weighted by Gasteiger charge is 2.10. The van der Waals surface area contributed by atoms with Crippen molar-refractivity contribution in [3.63, 3.8) is 0 Å². The SMILES string of the molecule is COCCNCc1nnc(-c2cccc3nccnc23)s1. The maximum atomic E-state index is 4.99. The number of hydrogen-bond acceptors (Lipinski definition) is 7. The molecule has 1 aromatic carbocycles. The van der Waals surface area contributed by atoms with Crippen LogP contribution in [0.5, 0.6) is 0 Å². The molecule has 0 unspecified atom stereocenters. The minimum Gasteiger partial charge on any atom is -0.383 e. The van der Waals surface area contributed by atoms with Crippen LogP contribution in [0.1, 0.15) is 5.01 Å². The Morgan fingerprint density at radius 2 is 2.10 bits per heavy atom. The second-order valence-corrected chi connectivity index (χ2v) is 5.46. The molecule has 3 rings (SSSR count). The summed E-state index contributed by atoms with van der Waals surface area (Å²) in [4.78, 5) is 8.71. The minimum atomic E-state index is 0.685. The summed E-state index contributed by atoms with van der Waals surface area (Å²) in [6.07, 6.45) is 3.39. The van der Waals surface area contributed by atoms with Gasteiger partial charge in [0.15, 0.2) is 0 Å². The Morgan fingerprint density at radius 1 is 1.19 bits per heavy atom. The molecule has 7 heteroatoms. The largest absolute Gasteiger partial charge is 0.383 e. The molecule has 0 radical (unpaired) electrons. The smallest absolute Gasteiger partial charge is 0.150 e. The Hall–Kier alpha value is -1.96. The standard InChI is InChI=1S/C14H15N5OS/c1-20-8-7-15-9-12-18-19-14(21-12)10-3-2-4-11-13(10)17-6-5-16-11/h2-6,15H,7-9H2,1H3. The van der Waals surface area contributed by atoms with Crippen molar-refractivity contribution in [3.8, 4) is 10.6 Å². The lowest BCUT2D eigenvalue weighted by atomic mass is 10.2. The van der Waals surface area contributed by atoms with Gasteiger partial charge in [0.2, 0.25) is 0 Å². The molecule has 0 fully saturated rings. The van der Waals surface area contributed by atoms with Gasteiger partial charge in [-0.05, 0) is 12.1 Å². The normalized spacial score (nSPS) is 11.1. The van der Waals surface area contributed by atoms with Crippen molar-refractivity contribution in [1.29, 1.82) is 0 Å². The van der Waals surface area contributed by atoms with E-state index in [9.17, 15) is 0 Å². The summed E-state index contributed by atoms with van der Waals surface area (Å²) >= 11 is 1.57. The number of para-hydroxylation sites is 1. The predicted octanol–water partition coefficient (Wildman–Crippen LogP) is 1.88. The van der Waals surface area contributed by atoms with Crippen LogP contribution in [0.3, 0.4) is 0 Å². The maximum absolute atomic E-state index is 4.99. The summed E-state index contributed by atoms with van der Waals surface area (Å²) in [7, 11) is 1.69. The summed E-state index contributed by atoms with van der Waals surface area (Å²) < 4.78 is 4.99. The van der Waals surface area contributed by atoms with Gasteiger partial charge in [0.1, 0.15) is 10.0 Å². The van der Waals surface area contributed by atoms with Gasteiger partial charge < -0.3 is 10.1 Å². The lowest BCUT2D eigenvalue weighted by Gasteiger charge is -2.01. The minimum absolute atomic E-state index is 0.685. The number of nitrogens with zero attached hydrogens (tertiary/aromatic N) is 4. The van der Waals surface area contributed by atoms with Gasteiger partial charge in [0.05, 0.1) is 17.6 Å². The third kappa shape index (κ3) is 3.21. The molecule has 0 saturated carbocycles. The van der Waals surface area contributed by atoms with E-state index in [4.69, 9.17) is 4.74 Å². The van der Waals surface area contributed by atoms with Crippen molar-refractivity contribution in [3.05, 3.63) is 35.6 Å². The monoisotopic (exact) mass is 301 g/mol. The zero-order valence-electron chi connectivity index (χ0n) is 11.6. The van der Waals surface area contributed by atoms with E-state index in [1.807, 2.05) is 18.2 Å². The van der Waals surface area contributed by atoms with Crippen LogP contribution < -0.4 is 5.32 Å². The highest BCUT2D eigenvalue weighted by atomic mass is 32.1. The summed E-state index contributed by atoms with van der Waals surface area (Å²) in [6.45, 7) is 2.17. The summed E-state index contributed by atoms with van der Waals surface area (Å²) in [6, 6.07) is 5.91. The van der Waals surface area contributed by atoms with Gasteiger partial charge in [-0.3, -0.25) is 9.97 Å². The number of aromatic nitrogens is 4. The molecule has 2 heterocycles. The Bertz CT molecular complexity index is 725. The molecule has 3 aromatic rings. The molecule has 0 saturated heterocycles. The zero-order valence-corrected chi connectivity index (χ0v) is 12.4. The van der Waals surface area contributed by atoms with E-state index in [0.29, 0.717) is 13.2 Å². The van der Waals surface area contributed by atoms with Crippen molar-refractivity contribution in [2.24, 2.45) is 0 Å². The van der Waals surface area contributed by atoms with Crippen molar-refractivity contribution in [2.45, 2.75) is 6.54 Å². The van der Waals surface area contributed by atoms with Gasteiger partial charge in [-0.25, -0.2) is 0 Å². The fourth-order valence-electron chi connectivity index (χ4n) is 1.97. The highest BCUT2D eigenvalue weighted by molar-refractivity contribution is 7.14. The number of fused-ring (bicyclic) bond motifs is 1. The zero-order chi connectivity index (χ0) is 14.5. The molecule has 2 aromatic heterocycles. The highest BCUT2D eigenvalue weighted by Crippen LogP contribution is 2.28. The van der Waals surface area contributed by atoms with E-state index in [-0.39, 0.29) is 0 Å². The predicted molar refractivity (Wildman–Crippen MR) is 82.0 cm³/mol. The quantitative estimate of drug-likeness (QED) is 0.701. The molecule has 0 spiro atoms. The van der Waals surface area contributed by atoms with E-state index in [1.54, 1.807) is 30.8 Å². The Kier molecular flexibility index (Phi) is 4.44. The number of rotatable bonds is 6. The van der Waals surface area contributed by atoms with E-state index >= 15 is 0 Å². The fourth-order valence-corrected chi connectivity index (χ4v) is 2.80. The first-order valence-electron chi connectivity index (χ1n) is 6.60. The molecule has 0 aliphatic heterocycles. The summed E-state index contributed by atoms with van der Waals surface area (Å²) in [5.41, 5.74) is 2.70. The molecule has 0 amide bonds. The van der Waals surface area contributed by atoms with Crippen LogP contribution in [0.15, 0.2) is 30.6 Å². The van der Waals surface area contributed by atoms with E-state index in [1.165, 1.54) is 0 Å². The van der Waals surface area contributed by atoms with Crippen molar-refractivity contribution >= 4 is 22.4 Å². The molecule has 0 bridgehead atoms. The van der Waals surface area contributed by atoms with Crippen LogP contribution in [-0.4, -0.2) is 40.4 Å². The van der Waals surface area contributed by atoms with Gasteiger partial charge in [-0.1, -0.05) is 17.4 Å². The number of nitrogens with one attached hydrogen (secondary N) is 1. The van der Waals surface area contributed by atoms with Crippen LogP contribution in [0.25, 0.3) is 21.6 Å². The lowest BCUT2D eigenvalue weighted by molar-refractivity contribution is 0.199. The molecule has 0 aliphatic rings. The van der Waals surface area contributed by atoms with Crippen molar-refractivity contribution < 1.29 is 4.74 Å². The second kappa shape index (κ2) is 6.66. The van der Waals surface area contributed by atoms with Crippen LogP contribution in [0, 0.1) is 0 Å². The van der Waals surface area contributed by atoms with Crippen molar-refractivity contribution in [2.75, 3.05) is 20.3 Å². The Morgan fingerprint density at radius 3 is 3.00 bits per heavy atom. The fraction of sp³-hybridized carbons (Fsp3) is 0.286. The topological polar surface area (TPSA) is 72.8 Å². The van der Waals surface area contributed by atoms with Crippen LogP contribution in [0.2, 0.25) is 0 Å². The van der Waals surface area contributed by atoms with Crippen LogP contribution in [0.4, 0.5) is 0 Å². The Labute approximate surface area is 126 Å². The van der Waals surface area contributed by atoms with Gasteiger partial charge in [0, 0.05) is 38.2 Å². The third-order valence-corrected chi connectivity index (χ3v) is 3.91. The average Bonchev–Trinajstić information content (AvgIpc) is 3.00. The molecule has 21 heavy (non-hydrogen) atoms. The van der Waals surface area contributed by atoms with Crippen molar-refractivity contribution in [1.82, 2.24) is 25.5 Å². The Balaban J connectivity index is 1.81. The molecule has 6 nitrogen and oxygen atoms in total. The number of ether oxygens (including phenoxy) is 1. The van der Waals surface area contributed by atoms with Gasteiger partial charge in [0.25, 0.3) is 0 Å². The lowest BCUT2D eigenvalue weighted by Crippen LogP contribution is -2.18. The van der Waals surface area contributed by atoms with Crippen LogP contribution >= 0.6 is 11.3 Å². The second-order valence-electron chi connectivity index (χ2n) is 4.40. The van der Waals surface area contributed by atoms with Gasteiger partial charge in [-0.15, -0.1) is 10.2 Å². The van der Waals surface area contributed by atoms with E-state index < -0.39 is 0 Å². The van der Waals surface area contributed by atoms with E-state index in [0.717, 1.165) is 33.2 Å². The van der Waals surface area contributed by atoms with Crippen LogP contribution in [-0.2, 0) is 11.3 Å². The number of methoxy groups -OCH3 is 1. The first-order valence-corrected chi connectivity index (χ1v) is 7.42. The first kappa shape index (κ1) is 14.0. The third-order valence-electron chi connectivity index (χ3n) is 2.96. The molecule has 0 aliphatic carbocycles. The van der Waals surface area contributed by atoms with Gasteiger partial charge in [-0.2, -0.15) is 0 Å². The first-order chi connectivity index (χ1) is 10.4. The van der Waals surface area contributed by atoms with E-state index in [2.05, 4.69) is 25.5 Å².